The normalized spacial score (nSPS) is 12.9. The molecule has 0 heterocycles. The Labute approximate surface area is 41.1 Å². The summed E-state index contributed by atoms with van der Waals surface area (Å²) in [6, 6.07) is 0. The molecular formula is CF5Se. The molecule has 0 saturated carbocycles. The average molecular weight is 186 g/mol. The Kier molecular flexibility index (Phi) is 2.01. The Balaban J connectivity index is 3.54. The van der Waals surface area contributed by atoms with E-state index in [9.17, 15) is 20.3 Å². The summed E-state index contributed by atoms with van der Waals surface area (Å²) >= 11 is -5.24. The van der Waals surface area contributed by atoms with E-state index in [4.69, 9.17) is 0 Å². The van der Waals surface area contributed by atoms with Crippen molar-refractivity contribution in [3.05, 3.63) is 0 Å². The van der Waals surface area contributed by atoms with Crippen molar-refractivity contribution in [1.29, 1.82) is 0 Å². The fourth-order valence-corrected chi connectivity index (χ4v) is 0. The average Bonchev–Trinajstić information content (AvgIpc) is 1.31. The summed E-state index contributed by atoms with van der Waals surface area (Å²) < 4.78 is 52.5. The molecule has 0 nitrogen and oxygen atoms in total. The van der Waals surface area contributed by atoms with Crippen LogP contribution in [0, 0.1) is 0 Å². The third-order valence-electron chi connectivity index (χ3n) is 0.175. The molecule has 6 heteroatoms. The molecule has 0 aliphatic heterocycles. The van der Waals surface area contributed by atoms with E-state index in [1.165, 1.54) is 0 Å². The predicted octanol–water partition coefficient (Wildman–Crippen LogP) is 1.52. The molecule has 0 N–H and O–H groups in total. The van der Waals surface area contributed by atoms with E-state index < -0.39 is 19.9 Å². The second-order valence-corrected chi connectivity index (χ2v) is 2.52. The molecule has 0 aromatic rings. The molecule has 45 valence electrons. The van der Waals surface area contributed by atoms with E-state index in [2.05, 4.69) is 0 Å². The van der Waals surface area contributed by atoms with Gasteiger partial charge in [0, 0.05) is 0 Å². The van der Waals surface area contributed by atoms with Gasteiger partial charge in [-0.25, -0.2) is 0 Å². The molecule has 0 fully saturated rings. The van der Waals surface area contributed by atoms with E-state index in [-0.39, 0.29) is 0 Å². The zero-order valence-corrected chi connectivity index (χ0v) is 4.51. The van der Waals surface area contributed by atoms with Gasteiger partial charge in [0.25, 0.3) is 0 Å². The van der Waals surface area contributed by atoms with Crippen molar-refractivity contribution in [1.82, 2.24) is 0 Å². The Bertz CT molecular complexity index is 53.6. The van der Waals surface area contributed by atoms with E-state index >= 15 is 0 Å². The second-order valence-electron chi connectivity index (χ2n) is 0.658. The minimum atomic E-state index is -5.24. The van der Waals surface area contributed by atoms with Crippen LogP contribution >= 0.6 is 0 Å². The van der Waals surface area contributed by atoms with Gasteiger partial charge in [-0.3, -0.25) is 0 Å². The first-order valence-corrected chi connectivity index (χ1v) is 3.23. The van der Waals surface area contributed by atoms with Crippen LogP contribution in [0.25, 0.3) is 0 Å². The molecule has 0 saturated heterocycles. The third-order valence-corrected chi connectivity index (χ3v) is 0.909. The standard InChI is InChI=1S/CF5Se/c2-1(3,4)7(5)6. The fourth-order valence-electron chi connectivity index (χ4n) is 0. The van der Waals surface area contributed by atoms with Crippen molar-refractivity contribution in [3.8, 4) is 0 Å². The Morgan fingerprint density at radius 3 is 1.14 bits per heavy atom. The number of hydrogen-bond acceptors (Lipinski definition) is 0. The van der Waals surface area contributed by atoms with Crippen LogP contribution in [0.15, 0.2) is 0 Å². The SMILES string of the molecule is F[Se](F)C(F)(F)F. The van der Waals surface area contributed by atoms with Crippen LogP contribution in [0.2, 0.25) is 0 Å². The van der Waals surface area contributed by atoms with Gasteiger partial charge in [-0.15, -0.1) is 0 Å². The molecule has 0 aliphatic carbocycles. The third kappa shape index (κ3) is 2.82. The summed E-state index contributed by atoms with van der Waals surface area (Å²) in [6.45, 7) is 0. The van der Waals surface area contributed by atoms with Crippen molar-refractivity contribution < 1.29 is 20.3 Å². The van der Waals surface area contributed by atoms with Crippen LogP contribution in [0.4, 0.5) is 20.3 Å². The Morgan fingerprint density at radius 2 is 1.14 bits per heavy atom. The zero-order chi connectivity index (χ0) is 6.08. The molecule has 0 aromatic carbocycles. The van der Waals surface area contributed by atoms with Gasteiger partial charge in [-0.1, -0.05) is 0 Å². The van der Waals surface area contributed by atoms with E-state index in [1.54, 1.807) is 0 Å². The summed E-state index contributed by atoms with van der Waals surface area (Å²) in [5, 5.41) is -5.21. The number of halogens is 5. The molecule has 0 unspecified atom stereocenters. The first kappa shape index (κ1) is 7.17. The van der Waals surface area contributed by atoms with Gasteiger partial charge in [0.05, 0.1) is 0 Å². The summed E-state index contributed by atoms with van der Waals surface area (Å²) in [6.07, 6.45) is 0. The Hall–Kier alpha value is 0.169. The minimum absolute atomic E-state index is 5.21. The van der Waals surface area contributed by atoms with E-state index in [1.807, 2.05) is 0 Å². The molecule has 0 amide bonds. The summed E-state index contributed by atoms with van der Waals surface area (Å²) in [5.74, 6) is 0. The van der Waals surface area contributed by atoms with Gasteiger partial charge in [0.1, 0.15) is 0 Å². The van der Waals surface area contributed by atoms with Crippen LogP contribution in [0.1, 0.15) is 0 Å². The number of hydrogen-bond donors (Lipinski definition) is 0. The second kappa shape index (κ2) is 1.96. The predicted molar refractivity (Wildman–Crippen MR) is 14.0 cm³/mol. The van der Waals surface area contributed by atoms with Crippen molar-refractivity contribution in [3.63, 3.8) is 0 Å². The van der Waals surface area contributed by atoms with Crippen LogP contribution in [0.5, 0.6) is 0 Å². The number of alkyl halides is 3. The maximum atomic E-state index is 10.5. The molecule has 0 bridgehead atoms. The van der Waals surface area contributed by atoms with E-state index in [0.717, 1.165) is 0 Å². The monoisotopic (exact) mass is 187 g/mol. The zero-order valence-electron chi connectivity index (χ0n) is 2.80. The van der Waals surface area contributed by atoms with Crippen LogP contribution in [0.3, 0.4) is 0 Å². The summed E-state index contributed by atoms with van der Waals surface area (Å²) in [4.78, 5) is 0. The van der Waals surface area contributed by atoms with Gasteiger partial charge < -0.3 is 0 Å². The molecule has 7 heavy (non-hydrogen) atoms. The van der Waals surface area contributed by atoms with Crippen LogP contribution in [-0.2, 0) is 0 Å². The van der Waals surface area contributed by atoms with Crippen molar-refractivity contribution in [2.75, 3.05) is 0 Å². The molecule has 0 rings (SSSR count). The van der Waals surface area contributed by atoms with Gasteiger partial charge in [0.2, 0.25) is 0 Å². The topological polar surface area (TPSA) is 0 Å². The number of rotatable bonds is 0. The van der Waals surface area contributed by atoms with Crippen LogP contribution in [-0.4, -0.2) is 19.9 Å². The molecular weight excluding hydrogens is 186 g/mol. The van der Waals surface area contributed by atoms with Crippen molar-refractivity contribution in [2.45, 2.75) is 5.07 Å². The van der Waals surface area contributed by atoms with Gasteiger partial charge in [0.15, 0.2) is 0 Å². The fraction of sp³-hybridized carbons (Fsp3) is 1.00. The first-order chi connectivity index (χ1) is 2.94. The summed E-state index contributed by atoms with van der Waals surface area (Å²) in [5.41, 5.74) is 0. The molecule has 1 radical (unpaired) electrons. The van der Waals surface area contributed by atoms with Crippen LogP contribution < -0.4 is 0 Å². The van der Waals surface area contributed by atoms with Crippen molar-refractivity contribution >= 4 is 14.8 Å². The van der Waals surface area contributed by atoms with Gasteiger partial charge in [-0.05, 0) is 0 Å². The molecule has 0 atom stereocenters. The molecule has 0 spiro atoms. The molecule has 0 aromatic heterocycles. The van der Waals surface area contributed by atoms with Gasteiger partial charge >= 0.3 is 40.2 Å². The first-order valence-electron chi connectivity index (χ1n) is 1.08. The van der Waals surface area contributed by atoms with E-state index in [0.29, 0.717) is 0 Å². The summed E-state index contributed by atoms with van der Waals surface area (Å²) in [7, 11) is 0. The maximum absolute atomic E-state index is 10.5. The quantitative estimate of drug-likeness (QED) is 0.397. The van der Waals surface area contributed by atoms with Crippen molar-refractivity contribution in [2.24, 2.45) is 0 Å². The van der Waals surface area contributed by atoms with Gasteiger partial charge in [-0.2, -0.15) is 0 Å². The molecule has 0 aliphatic rings. The Morgan fingerprint density at radius 1 is 1.00 bits per heavy atom.